The summed E-state index contributed by atoms with van der Waals surface area (Å²) in [5.74, 6) is 0.766. The van der Waals surface area contributed by atoms with E-state index >= 15 is 0 Å². The third kappa shape index (κ3) is 3.51. The molecule has 1 heterocycles. The van der Waals surface area contributed by atoms with Crippen molar-refractivity contribution >= 4 is 16.6 Å². The minimum atomic E-state index is 0.104. The lowest BCUT2D eigenvalue weighted by molar-refractivity contribution is 0.415. The Bertz CT molecular complexity index is 693. The average molecular weight is 285 g/mol. The summed E-state index contributed by atoms with van der Waals surface area (Å²) in [6.07, 6.45) is 3.33. The van der Waals surface area contributed by atoms with Crippen LogP contribution in [0.2, 0.25) is 0 Å². The molecule has 1 aromatic heterocycles. The number of hydrogen-bond acceptors (Lipinski definition) is 5. The second-order valence-corrected chi connectivity index (χ2v) is 4.98. The molecule has 2 rings (SSSR count). The van der Waals surface area contributed by atoms with E-state index in [-0.39, 0.29) is 11.5 Å². The molecule has 1 aromatic carbocycles. The van der Waals surface area contributed by atoms with Crippen LogP contribution in [0.25, 0.3) is 10.9 Å². The topological polar surface area (TPSA) is 78.2 Å². The molecule has 0 aliphatic heterocycles. The van der Waals surface area contributed by atoms with Crippen LogP contribution in [0.5, 0.6) is 11.5 Å². The molecular weight excluding hydrogens is 266 g/mol. The maximum absolute atomic E-state index is 10.1. The summed E-state index contributed by atoms with van der Waals surface area (Å²) >= 11 is 0. The van der Waals surface area contributed by atoms with E-state index in [0.29, 0.717) is 28.4 Å². The summed E-state index contributed by atoms with van der Waals surface area (Å²) in [4.78, 5) is 4.40. The summed E-state index contributed by atoms with van der Waals surface area (Å²) in [5, 5.41) is 21.8. The van der Waals surface area contributed by atoms with Crippen LogP contribution in [-0.4, -0.2) is 29.0 Å². The fourth-order valence-electron chi connectivity index (χ4n) is 1.86. The third-order valence-electron chi connectivity index (χ3n) is 2.95. The number of fused-ring (bicyclic) bond motifs is 1. The maximum Gasteiger partial charge on any atom is 0.127 e. The van der Waals surface area contributed by atoms with Gasteiger partial charge in [0.25, 0.3) is 0 Å². The minimum absolute atomic E-state index is 0.104. The number of aromatic hydroxyl groups is 1. The van der Waals surface area contributed by atoms with Crippen LogP contribution in [0, 0.1) is 5.41 Å². The van der Waals surface area contributed by atoms with Gasteiger partial charge >= 0.3 is 0 Å². The lowest BCUT2D eigenvalue weighted by Gasteiger charge is -2.07. The number of pyridine rings is 1. The van der Waals surface area contributed by atoms with Crippen molar-refractivity contribution < 1.29 is 9.84 Å². The fourth-order valence-corrected chi connectivity index (χ4v) is 1.86. The molecule has 0 aliphatic carbocycles. The number of aromatic nitrogens is 1. The van der Waals surface area contributed by atoms with Gasteiger partial charge in [0.15, 0.2) is 0 Å². The lowest BCUT2D eigenvalue weighted by atomic mass is 10.1. The predicted octanol–water partition coefficient (Wildman–Crippen LogP) is 2.83. The maximum atomic E-state index is 10.1. The molecule has 2 aromatic rings. The van der Waals surface area contributed by atoms with Gasteiger partial charge in [0.2, 0.25) is 0 Å². The molecule has 0 atom stereocenters. The van der Waals surface area contributed by atoms with Gasteiger partial charge in [-0.1, -0.05) is 0 Å². The minimum Gasteiger partial charge on any atom is -0.507 e. The first-order valence-corrected chi connectivity index (χ1v) is 6.70. The number of rotatable bonds is 5. The molecule has 21 heavy (non-hydrogen) atoms. The van der Waals surface area contributed by atoms with E-state index in [0.717, 1.165) is 0 Å². The zero-order valence-electron chi connectivity index (χ0n) is 12.3. The highest BCUT2D eigenvalue weighted by Gasteiger charge is 2.08. The lowest BCUT2D eigenvalue weighted by Crippen LogP contribution is -2.15. The van der Waals surface area contributed by atoms with E-state index in [9.17, 15) is 5.11 Å². The quantitative estimate of drug-likeness (QED) is 0.738. The second kappa shape index (κ2) is 6.26. The van der Waals surface area contributed by atoms with Crippen LogP contribution in [0.1, 0.15) is 19.5 Å². The van der Waals surface area contributed by atoms with Gasteiger partial charge in [-0.15, -0.1) is 0 Å². The zero-order chi connectivity index (χ0) is 15.4. The highest BCUT2D eigenvalue weighted by atomic mass is 16.5. The molecule has 0 radical (unpaired) electrons. The van der Waals surface area contributed by atoms with Crippen molar-refractivity contribution in [3.05, 3.63) is 42.2 Å². The van der Waals surface area contributed by atoms with Gasteiger partial charge in [-0.2, -0.15) is 0 Å². The van der Waals surface area contributed by atoms with E-state index in [1.54, 1.807) is 37.6 Å². The van der Waals surface area contributed by atoms with Crippen molar-refractivity contribution in [2.75, 3.05) is 7.11 Å². The fraction of sp³-hybridized carbons (Fsp3) is 0.250. The Balaban J connectivity index is 2.36. The van der Waals surface area contributed by atoms with Crippen LogP contribution in [-0.2, 0) is 0 Å². The van der Waals surface area contributed by atoms with Crippen LogP contribution < -0.4 is 10.1 Å². The van der Waals surface area contributed by atoms with Crippen molar-refractivity contribution in [3.63, 3.8) is 0 Å². The van der Waals surface area contributed by atoms with E-state index in [1.807, 2.05) is 13.8 Å². The summed E-state index contributed by atoms with van der Waals surface area (Å²) in [7, 11) is 1.58. The first kappa shape index (κ1) is 14.8. The zero-order valence-corrected chi connectivity index (χ0v) is 12.3. The van der Waals surface area contributed by atoms with Crippen LogP contribution in [0.15, 0.2) is 36.5 Å². The van der Waals surface area contributed by atoms with Crippen LogP contribution in [0.4, 0.5) is 0 Å². The molecule has 110 valence electrons. The number of nitrogens with one attached hydrogen (secondary N) is 2. The Morgan fingerprint density at radius 3 is 2.81 bits per heavy atom. The van der Waals surface area contributed by atoms with Crippen molar-refractivity contribution in [1.29, 1.82) is 5.41 Å². The van der Waals surface area contributed by atoms with Gasteiger partial charge in [0, 0.05) is 23.6 Å². The summed E-state index contributed by atoms with van der Waals surface area (Å²) < 4.78 is 5.15. The molecule has 5 heteroatoms. The Hall–Kier alpha value is -2.56. The molecule has 0 amide bonds. The first-order chi connectivity index (χ1) is 10.0. The normalized spacial score (nSPS) is 11.2. The van der Waals surface area contributed by atoms with Crippen LogP contribution >= 0.6 is 0 Å². The highest BCUT2D eigenvalue weighted by Crippen LogP contribution is 2.27. The van der Waals surface area contributed by atoms with Crippen molar-refractivity contribution in [2.45, 2.75) is 19.9 Å². The summed E-state index contributed by atoms with van der Waals surface area (Å²) in [5.41, 5.74) is 1.23. The largest absolute Gasteiger partial charge is 0.507 e. The first-order valence-electron chi connectivity index (χ1n) is 6.70. The number of hydrogen-bond donors (Lipinski definition) is 3. The Morgan fingerprint density at radius 2 is 2.14 bits per heavy atom. The Morgan fingerprint density at radius 1 is 1.38 bits per heavy atom. The smallest absolute Gasteiger partial charge is 0.127 e. The molecule has 0 aliphatic rings. The number of nitrogens with zero attached hydrogens (tertiary/aromatic N) is 1. The number of ether oxygens (including phenoxy) is 1. The van der Waals surface area contributed by atoms with Gasteiger partial charge in [-0.05, 0) is 38.3 Å². The number of benzene rings is 1. The molecule has 0 fully saturated rings. The van der Waals surface area contributed by atoms with E-state index < -0.39 is 0 Å². The van der Waals surface area contributed by atoms with Crippen molar-refractivity contribution in [1.82, 2.24) is 10.3 Å². The van der Waals surface area contributed by atoms with Crippen molar-refractivity contribution in [3.8, 4) is 11.5 Å². The average Bonchev–Trinajstić information content (AvgIpc) is 2.45. The molecule has 0 saturated carbocycles. The van der Waals surface area contributed by atoms with Gasteiger partial charge in [0.05, 0.1) is 24.0 Å². The predicted molar refractivity (Wildman–Crippen MR) is 84.2 cm³/mol. The molecule has 0 spiro atoms. The van der Waals surface area contributed by atoms with Gasteiger partial charge in [0.1, 0.15) is 11.5 Å². The van der Waals surface area contributed by atoms with Gasteiger partial charge in [-0.25, -0.2) is 4.98 Å². The highest BCUT2D eigenvalue weighted by molar-refractivity contribution is 6.06. The molecule has 0 saturated heterocycles. The standard InChI is InChI=1S/C16H19N3O2/c1-10(2)18-7-6-13(17)15-9-16(20)12-5-4-11(21-3)8-14(12)19-15/h4-10,17-18H,1-3H3,(H,19,20)/b7-6-,17-13?. The van der Waals surface area contributed by atoms with E-state index in [2.05, 4.69) is 10.3 Å². The monoisotopic (exact) mass is 285 g/mol. The van der Waals surface area contributed by atoms with Gasteiger partial charge < -0.3 is 15.2 Å². The van der Waals surface area contributed by atoms with Crippen molar-refractivity contribution in [2.24, 2.45) is 0 Å². The molecule has 0 bridgehead atoms. The van der Waals surface area contributed by atoms with E-state index in [1.165, 1.54) is 6.07 Å². The third-order valence-corrected chi connectivity index (χ3v) is 2.95. The molecule has 3 N–H and O–H groups in total. The number of allylic oxidation sites excluding steroid dienone is 1. The Labute approximate surface area is 123 Å². The van der Waals surface area contributed by atoms with Crippen LogP contribution in [0.3, 0.4) is 0 Å². The Kier molecular flexibility index (Phi) is 4.42. The summed E-state index contributed by atoms with van der Waals surface area (Å²) in [6.45, 7) is 4.03. The SMILES string of the molecule is COc1ccc2c(O)cc(C(=N)/C=C\NC(C)C)nc2c1. The van der Waals surface area contributed by atoms with Gasteiger partial charge in [-0.3, -0.25) is 5.41 Å². The van der Waals surface area contributed by atoms with E-state index in [4.69, 9.17) is 10.1 Å². The molecule has 5 nitrogen and oxygen atoms in total. The number of methoxy groups -OCH3 is 1. The molecular formula is C16H19N3O2. The second-order valence-electron chi connectivity index (χ2n) is 4.98. The molecule has 0 unspecified atom stereocenters. The summed E-state index contributed by atoms with van der Waals surface area (Å²) in [6, 6.07) is 7.05.